The van der Waals surface area contributed by atoms with E-state index in [1.165, 1.54) is 19.8 Å². The van der Waals surface area contributed by atoms with Crippen LogP contribution in [0.2, 0.25) is 0 Å². The van der Waals surface area contributed by atoms with E-state index in [9.17, 15) is 0 Å². The number of nitrogens with one attached hydrogen (secondary N) is 1. The van der Waals surface area contributed by atoms with Gasteiger partial charge in [0.25, 0.3) is 0 Å². The first-order chi connectivity index (χ1) is 9.02. The second-order valence-corrected chi connectivity index (χ2v) is 7.26. The molecule has 0 aliphatic rings. The molecule has 0 saturated heterocycles. The van der Waals surface area contributed by atoms with Gasteiger partial charge in [0, 0.05) is 10.4 Å². The first-order valence-electron chi connectivity index (χ1n) is 6.59. The Morgan fingerprint density at radius 3 is 2.53 bits per heavy atom. The van der Waals surface area contributed by atoms with Crippen molar-refractivity contribution < 1.29 is 4.42 Å². The first kappa shape index (κ1) is 14.8. The Morgan fingerprint density at radius 2 is 2.05 bits per heavy atom. The number of thiophene rings is 1. The van der Waals surface area contributed by atoms with E-state index in [0.29, 0.717) is 0 Å². The third-order valence-corrected chi connectivity index (χ3v) is 5.35. The normalized spacial score (nSPS) is 12.9. The Balaban J connectivity index is 2.38. The third kappa shape index (κ3) is 3.30. The molecule has 1 atom stereocenters. The van der Waals surface area contributed by atoms with Gasteiger partial charge in [0.05, 0.1) is 9.83 Å². The van der Waals surface area contributed by atoms with Crippen molar-refractivity contribution in [1.82, 2.24) is 5.32 Å². The molecule has 0 bridgehead atoms. The maximum Gasteiger partial charge on any atom is 0.106 e. The zero-order valence-corrected chi connectivity index (χ0v) is 14.2. The summed E-state index contributed by atoms with van der Waals surface area (Å²) in [4.78, 5) is 1.33. The van der Waals surface area contributed by atoms with Crippen molar-refractivity contribution in [2.75, 3.05) is 6.54 Å². The molecule has 0 amide bonds. The molecule has 2 rings (SSSR count). The molecule has 2 nitrogen and oxygen atoms in total. The fourth-order valence-corrected chi connectivity index (χ4v) is 3.88. The molecule has 0 aromatic carbocycles. The molecule has 19 heavy (non-hydrogen) atoms. The molecule has 1 N–H and O–H groups in total. The van der Waals surface area contributed by atoms with E-state index in [1.54, 1.807) is 11.3 Å². The number of aryl methyl sites for hydroxylation is 3. The van der Waals surface area contributed by atoms with Crippen molar-refractivity contribution in [2.45, 2.75) is 40.2 Å². The van der Waals surface area contributed by atoms with Gasteiger partial charge in [-0.25, -0.2) is 0 Å². The Bertz CT molecular complexity index is 539. The predicted molar refractivity (Wildman–Crippen MR) is 85.1 cm³/mol. The van der Waals surface area contributed by atoms with E-state index in [4.69, 9.17) is 4.42 Å². The molecule has 1 unspecified atom stereocenters. The standard InChI is InChI=1S/C15H20BrNOS/c1-5-6-17-14(12-8-10(3)18-11(12)4)13-7-9(2)15(16)19-13/h7-8,14,17H,5-6H2,1-4H3. The molecule has 4 heteroatoms. The van der Waals surface area contributed by atoms with Gasteiger partial charge >= 0.3 is 0 Å². The van der Waals surface area contributed by atoms with Crippen LogP contribution in [0.25, 0.3) is 0 Å². The minimum atomic E-state index is 0.229. The second-order valence-electron chi connectivity index (χ2n) is 4.86. The van der Waals surface area contributed by atoms with E-state index in [-0.39, 0.29) is 6.04 Å². The fourth-order valence-electron chi connectivity index (χ4n) is 2.22. The van der Waals surface area contributed by atoms with Gasteiger partial charge in [0.15, 0.2) is 0 Å². The maximum atomic E-state index is 5.69. The third-order valence-electron chi connectivity index (χ3n) is 3.15. The molecule has 2 aromatic heterocycles. The summed E-state index contributed by atoms with van der Waals surface area (Å²) in [7, 11) is 0. The largest absolute Gasteiger partial charge is 0.466 e. The number of furan rings is 1. The van der Waals surface area contributed by atoms with Crippen molar-refractivity contribution in [3.05, 3.63) is 43.4 Å². The van der Waals surface area contributed by atoms with Gasteiger partial charge in [-0.15, -0.1) is 11.3 Å². The summed E-state index contributed by atoms with van der Waals surface area (Å²) in [6.07, 6.45) is 1.12. The number of hydrogen-bond acceptors (Lipinski definition) is 3. The first-order valence-corrected chi connectivity index (χ1v) is 8.20. The highest BCUT2D eigenvalue weighted by Gasteiger charge is 2.21. The van der Waals surface area contributed by atoms with Crippen LogP contribution < -0.4 is 5.32 Å². The smallest absolute Gasteiger partial charge is 0.106 e. The van der Waals surface area contributed by atoms with Gasteiger partial charge in [-0.05, 0) is 67.4 Å². The molecular weight excluding hydrogens is 322 g/mol. The molecule has 0 saturated carbocycles. The van der Waals surface area contributed by atoms with E-state index in [0.717, 1.165) is 24.5 Å². The highest BCUT2D eigenvalue weighted by atomic mass is 79.9. The lowest BCUT2D eigenvalue weighted by molar-refractivity contribution is 0.494. The van der Waals surface area contributed by atoms with Crippen LogP contribution in [-0.2, 0) is 0 Å². The summed E-state index contributed by atoms with van der Waals surface area (Å²) in [5, 5.41) is 3.63. The SMILES string of the molecule is CCCNC(c1cc(C)c(Br)s1)c1cc(C)oc1C. The monoisotopic (exact) mass is 341 g/mol. The summed E-state index contributed by atoms with van der Waals surface area (Å²) in [6.45, 7) is 9.37. The lowest BCUT2D eigenvalue weighted by Crippen LogP contribution is -2.22. The van der Waals surface area contributed by atoms with E-state index in [1.807, 2.05) is 13.8 Å². The summed E-state index contributed by atoms with van der Waals surface area (Å²) < 4.78 is 6.90. The molecule has 0 aliphatic heterocycles. The predicted octanol–water partition coefficient (Wildman–Crippen LogP) is 5.12. The van der Waals surface area contributed by atoms with Gasteiger partial charge in [-0.3, -0.25) is 0 Å². The molecule has 0 radical (unpaired) electrons. The summed E-state index contributed by atoms with van der Waals surface area (Å²) in [5.41, 5.74) is 2.54. The van der Waals surface area contributed by atoms with Crippen molar-refractivity contribution in [1.29, 1.82) is 0 Å². The zero-order chi connectivity index (χ0) is 14.0. The summed E-state index contributed by atoms with van der Waals surface area (Å²) in [6, 6.07) is 4.63. The van der Waals surface area contributed by atoms with Crippen LogP contribution in [0.5, 0.6) is 0 Å². The lowest BCUT2D eigenvalue weighted by atomic mass is 10.1. The quantitative estimate of drug-likeness (QED) is 0.816. The van der Waals surface area contributed by atoms with Crippen LogP contribution >= 0.6 is 27.3 Å². The Morgan fingerprint density at radius 1 is 1.32 bits per heavy atom. The van der Waals surface area contributed by atoms with Crippen LogP contribution in [0.1, 0.15) is 46.9 Å². The number of rotatable bonds is 5. The molecule has 104 valence electrons. The maximum absolute atomic E-state index is 5.69. The van der Waals surface area contributed by atoms with Crippen LogP contribution in [0.15, 0.2) is 20.3 Å². The average Bonchev–Trinajstić information content (AvgIpc) is 2.84. The highest BCUT2D eigenvalue weighted by Crippen LogP contribution is 2.36. The van der Waals surface area contributed by atoms with Crippen LogP contribution in [0.3, 0.4) is 0 Å². The van der Waals surface area contributed by atoms with Gasteiger partial charge < -0.3 is 9.73 Å². The molecule has 2 aromatic rings. The van der Waals surface area contributed by atoms with E-state index in [2.05, 4.69) is 47.2 Å². The van der Waals surface area contributed by atoms with Gasteiger partial charge in [-0.2, -0.15) is 0 Å². The minimum Gasteiger partial charge on any atom is -0.466 e. The topological polar surface area (TPSA) is 25.2 Å². The van der Waals surface area contributed by atoms with Crippen molar-refractivity contribution >= 4 is 27.3 Å². The van der Waals surface area contributed by atoms with Crippen LogP contribution in [0, 0.1) is 20.8 Å². The van der Waals surface area contributed by atoms with Crippen molar-refractivity contribution in [3.63, 3.8) is 0 Å². The van der Waals surface area contributed by atoms with Crippen LogP contribution in [-0.4, -0.2) is 6.54 Å². The van der Waals surface area contributed by atoms with Gasteiger partial charge in [-0.1, -0.05) is 6.92 Å². The van der Waals surface area contributed by atoms with Gasteiger partial charge in [0.2, 0.25) is 0 Å². The zero-order valence-electron chi connectivity index (χ0n) is 11.8. The fraction of sp³-hybridized carbons (Fsp3) is 0.467. The Kier molecular flexibility index (Phi) is 4.87. The highest BCUT2D eigenvalue weighted by molar-refractivity contribution is 9.11. The Hall–Kier alpha value is -0.580. The van der Waals surface area contributed by atoms with E-state index >= 15 is 0 Å². The van der Waals surface area contributed by atoms with Crippen molar-refractivity contribution in [3.8, 4) is 0 Å². The minimum absolute atomic E-state index is 0.229. The van der Waals surface area contributed by atoms with Crippen LogP contribution in [0.4, 0.5) is 0 Å². The lowest BCUT2D eigenvalue weighted by Gasteiger charge is -2.16. The van der Waals surface area contributed by atoms with E-state index < -0.39 is 0 Å². The molecule has 2 heterocycles. The Labute approximate surface area is 127 Å². The van der Waals surface area contributed by atoms with Crippen molar-refractivity contribution in [2.24, 2.45) is 0 Å². The summed E-state index contributed by atoms with van der Waals surface area (Å²) >= 11 is 5.41. The molecule has 0 aliphatic carbocycles. The summed E-state index contributed by atoms with van der Waals surface area (Å²) in [5.74, 6) is 1.98. The second kappa shape index (κ2) is 6.25. The molecule has 0 fully saturated rings. The molecule has 0 spiro atoms. The van der Waals surface area contributed by atoms with Gasteiger partial charge in [0.1, 0.15) is 11.5 Å². The number of hydrogen-bond donors (Lipinski definition) is 1. The number of halogens is 1. The molecular formula is C15H20BrNOS. The average molecular weight is 342 g/mol.